The summed E-state index contributed by atoms with van der Waals surface area (Å²) in [6.07, 6.45) is 1.30. The molecular weight excluding hydrogens is 278 g/mol. The van der Waals surface area contributed by atoms with Crippen molar-refractivity contribution in [3.8, 4) is 11.1 Å². The first-order chi connectivity index (χ1) is 10.5. The Morgan fingerprint density at radius 1 is 1.09 bits per heavy atom. The molecule has 0 bridgehead atoms. The maximum Gasteiger partial charge on any atom is 0.335 e. The molecule has 0 aromatic heterocycles. The molecule has 2 aromatic rings. The normalized spacial score (nSPS) is 10.3. The molecule has 114 valence electrons. The van der Waals surface area contributed by atoms with Crippen molar-refractivity contribution in [2.45, 2.75) is 26.7 Å². The average molecular weight is 297 g/mol. The van der Waals surface area contributed by atoms with Gasteiger partial charge in [0.25, 0.3) is 0 Å². The number of carboxylic acids is 1. The smallest absolute Gasteiger partial charge is 0.335 e. The zero-order valence-electron chi connectivity index (χ0n) is 12.7. The van der Waals surface area contributed by atoms with Crippen molar-refractivity contribution in [1.82, 2.24) is 0 Å². The molecule has 0 fully saturated rings. The first kappa shape index (κ1) is 15.8. The van der Waals surface area contributed by atoms with Crippen LogP contribution in [0.5, 0.6) is 0 Å². The van der Waals surface area contributed by atoms with E-state index in [2.05, 4.69) is 5.32 Å². The Hall–Kier alpha value is -2.62. The molecule has 22 heavy (non-hydrogen) atoms. The third-order valence-corrected chi connectivity index (χ3v) is 3.44. The Labute approximate surface area is 129 Å². The number of carboxylic acid groups (broad SMARTS) is 1. The minimum Gasteiger partial charge on any atom is -0.478 e. The van der Waals surface area contributed by atoms with E-state index in [4.69, 9.17) is 5.11 Å². The minimum atomic E-state index is -0.941. The summed E-state index contributed by atoms with van der Waals surface area (Å²) in [5, 5.41) is 11.8. The lowest BCUT2D eigenvalue weighted by Gasteiger charge is -2.11. The number of carbonyl (C=O) groups excluding carboxylic acids is 1. The van der Waals surface area contributed by atoms with Gasteiger partial charge in [-0.15, -0.1) is 0 Å². The van der Waals surface area contributed by atoms with Crippen LogP contribution in [0.1, 0.15) is 35.7 Å². The van der Waals surface area contributed by atoms with E-state index in [1.54, 1.807) is 24.3 Å². The van der Waals surface area contributed by atoms with Gasteiger partial charge in [-0.2, -0.15) is 0 Å². The zero-order valence-corrected chi connectivity index (χ0v) is 12.7. The van der Waals surface area contributed by atoms with Crippen LogP contribution in [0.15, 0.2) is 42.5 Å². The van der Waals surface area contributed by atoms with E-state index in [-0.39, 0.29) is 11.5 Å². The molecule has 0 aliphatic rings. The van der Waals surface area contributed by atoms with Gasteiger partial charge in [-0.3, -0.25) is 4.79 Å². The number of anilines is 1. The maximum atomic E-state index is 11.7. The fourth-order valence-electron chi connectivity index (χ4n) is 2.25. The molecule has 2 rings (SSSR count). The Bertz CT molecular complexity index is 690. The molecule has 2 N–H and O–H groups in total. The second-order valence-corrected chi connectivity index (χ2v) is 5.21. The van der Waals surface area contributed by atoms with E-state index in [1.165, 1.54) is 0 Å². The Kier molecular flexibility index (Phi) is 4.94. The van der Waals surface area contributed by atoms with Crippen LogP contribution in [0.3, 0.4) is 0 Å². The lowest BCUT2D eigenvalue weighted by atomic mass is 9.99. The Morgan fingerprint density at radius 3 is 2.36 bits per heavy atom. The zero-order chi connectivity index (χ0) is 16.1. The number of rotatable bonds is 5. The monoisotopic (exact) mass is 297 g/mol. The topological polar surface area (TPSA) is 66.4 Å². The van der Waals surface area contributed by atoms with E-state index >= 15 is 0 Å². The molecule has 1 amide bonds. The Balaban J connectivity index is 2.30. The Morgan fingerprint density at radius 2 is 1.77 bits per heavy atom. The van der Waals surface area contributed by atoms with E-state index in [0.29, 0.717) is 6.42 Å². The predicted molar refractivity (Wildman–Crippen MR) is 87.1 cm³/mol. The number of hydrogen-bond donors (Lipinski definition) is 2. The molecule has 0 saturated carbocycles. The van der Waals surface area contributed by atoms with Crippen molar-refractivity contribution < 1.29 is 14.7 Å². The SMILES string of the molecule is CCCC(=O)Nc1ccc(C)c(-c2ccc(C(=O)O)cc2)c1. The van der Waals surface area contributed by atoms with Crippen LogP contribution in [0.4, 0.5) is 5.69 Å². The summed E-state index contributed by atoms with van der Waals surface area (Å²) in [6.45, 7) is 3.95. The van der Waals surface area contributed by atoms with Gasteiger partial charge in [0.15, 0.2) is 0 Å². The first-order valence-corrected chi connectivity index (χ1v) is 7.25. The van der Waals surface area contributed by atoms with Crippen molar-refractivity contribution in [3.05, 3.63) is 53.6 Å². The summed E-state index contributed by atoms with van der Waals surface area (Å²) >= 11 is 0. The number of aromatic carboxylic acids is 1. The molecule has 0 unspecified atom stereocenters. The summed E-state index contributed by atoms with van der Waals surface area (Å²) in [5.74, 6) is -0.942. The average Bonchev–Trinajstić information content (AvgIpc) is 2.49. The number of hydrogen-bond acceptors (Lipinski definition) is 2. The van der Waals surface area contributed by atoms with Gasteiger partial charge in [0.1, 0.15) is 0 Å². The van der Waals surface area contributed by atoms with Crippen LogP contribution in [-0.2, 0) is 4.79 Å². The number of carbonyl (C=O) groups is 2. The lowest BCUT2D eigenvalue weighted by Crippen LogP contribution is -2.10. The van der Waals surface area contributed by atoms with E-state index < -0.39 is 5.97 Å². The van der Waals surface area contributed by atoms with Crippen molar-refractivity contribution in [2.24, 2.45) is 0 Å². The standard InChI is InChI=1S/C18H19NO3/c1-3-4-17(20)19-15-10-5-12(2)16(11-15)13-6-8-14(9-7-13)18(21)22/h5-11H,3-4H2,1-2H3,(H,19,20)(H,21,22). The lowest BCUT2D eigenvalue weighted by molar-refractivity contribution is -0.116. The maximum absolute atomic E-state index is 11.7. The molecule has 4 nitrogen and oxygen atoms in total. The highest BCUT2D eigenvalue weighted by Crippen LogP contribution is 2.27. The summed E-state index contributed by atoms with van der Waals surface area (Å²) in [7, 11) is 0. The number of amides is 1. The molecular formula is C18H19NO3. The summed E-state index contributed by atoms with van der Waals surface area (Å²) in [5.41, 5.74) is 3.98. The molecule has 0 radical (unpaired) electrons. The summed E-state index contributed by atoms with van der Waals surface area (Å²) < 4.78 is 0. The van der Waals surface area contributed by atoms with Gasteiger partial charge in [-0.25, -0.2) is 4.79 Å². The number of benzene rings is 2. The van der Waals surface area contributed by atoms with Crippen LogP contribution in [-0.4, -0.2) is 17.0 Å². The van der Waals surface area contributed by atoms with Crippen molar-refractivity contribution in [1.29, 1.82) is 0 Å². The molecule has 2 aromatic carbocycles. The first-order valence-electron chi connectivity index (χ1n) is 7.25. The second kappa shape index (κ2) is 6.89. The molecule has 0 saturated heterocycles. The fraction of sp³-hybridized carbons (Fsp3) is 0.222. The molecule has 0 aliphatic carbocycles. The number of nitrogens with one attached hydrogen (secondary N) is 1. The molecule has 0 heterocycles. The van der Waals surface area contributed by atoms with Gasteiger partial charge in [-0.05, 0) is 54.3 Å². The van der Waals surface area contributed by atoms with Crippen LogP contribution in [0, 0.1) is 6.92 Å². The highest BCUT2D eigenvalue weighted by atomic mass is 16.4. The fourth-order valence-corrected chi connectivity index (χ4v) is 2.25. The molecule has 0 atom stereocenters. The quantitative estimate of drug-likeness (QED) is 0.873. The molecule has 0 spiro atoms. The van der Waals surface area contributed by atoms with Gasteiger partial charge >= 0.3 is 5.97 Å². The third kappa shape index (κ3) is 3.73. The molecule has 0 aliphatic heterocycles. The van der Waals surface area contributed by atoms with Crippen molar-refractivity contribution in [2.75, 3.05) is 5.32 Å². The van der Waals surface area contributed by atoms with Crippen LogP contribution < -0.4 is 5.32 Å². The summed E-state index contributed by atoms with van der Waals surface area (Å²) in [4.78, 5) is 22.6. The van der Waals surface area contributed by atoms with Gasteiger partial charge < -0.3 is 10.4 Å². The summed E-state index contributed by atoms with van der Waals surface area (Å²) in [6, 6.07) is 12.5. The van der Waals surface area contributed by atoms with E-state index in [9.17, 15) is 9.59 Å². The van der Waals surface area contributed by atoms with Crippen LogP contribution in [0.2, 0.25) is 0 Å². The highest BCUT2D eigenvalue weighted by molar-refractivity contribution is 5.92. The van der Waals surface area contributed by atoms with Gasteiger partial charge in [0.05, 0.1) is 5.56 Å². The molecule has 4 heteroatoms. The predicted octanol–water partition coefficient (Wildman–Crippen LogP) is 4.10. The van der Waals surface area contributed by atoms with Gasteiger partial charge in [-0.1, -0.05) is 25.1 Å². The minimum absolute atomic E-state index is 0.00136. The van der Waals surface area contributed by atoms with Crippen molar-refractivity contribution in [3.63, 3.8) is 0 Å². The van der Waals surface area contributed by atoms with Crippen molar-refractivity contribution >= 4 is 17.6 Å². The highest BCUT2D eigenvalue weighted by Gasteiger charge is 2.07. The van der Waals surface area contributed by atoms with Gasteiger partial charge in [0, 0.05) is 12.1 Å². The van der Waals surface area contributed by atoms with Gasteiger partial charge in [0.2, 0.25) is 5.91 Å². The number of aryl methyl sites for hydroxylation is 1. The van der Waals surface area contributed by atoms with Crippen LogP contribution >= 0.6 is 0 Å². The second-order valence-electron chi connectivity index (χ2n) is 5.21. The largest absolute Gasteiger partial charge is 0.478 e. The van der Waals surface area contributed by atoms with E-state index in [0.717, 1.165) is 28.8 Å². The third-order valence-electron chi connectivity index (χ3n) is 3.44. The van der Waals surface area contributed by atoms with Crippen LogP contribution in [0.25, 0.3) is 11.1 Å². The van der Waals surface area contributed by atoms with E-state index in [1.807, 2.05) is 32.0 Å².